The summed E-state index contributed by atoms with van der Waals surface area (Å²) in [7, 11) is -3.59. The molecule has 49 valence electrons. The molecular weight excluding hydrogens is 131 g/mol. The molecule has 0 amide bonds. The van der Waals surface area contributed by atoms with Gasteiger partial charge in [0.2, 0.25) is 0 Å². The summed E-state index contributed by atoms with van der Waals surface area (Å²) < 4.78 is 14.2. The molecule has 1 atom stereocenters. The molecule has 0 saturated heterocycles. The Hall–Kier alpha value is 0.110. The Morgan fingerprint density at radius 1 is 1.75 bits per heavy atom. The van der Waals surface area contributed by atoms with Crippen molar-refractivity contribution in [1.82, 2.24) is 0 Å². The lowest BCUT2D eigenvalue weighted by molar-refractivity contribution is 0.186. The zero-order valence-corrected chi connectivity index (χ0v) is 5.17. The molecule has 1 unspecified atom stereocenters. The van der Waals surface area contributed by atoms with E-state index < -0.39 is 7.60 Å². The third-order valence-electron chi connectivity index (χ3n) is 0.384. The fraction of sp³-hybridized carbons (Fsp3) is 0.667. The summed E-state index contributed by atoms with van der Waals surface area (Å²) in [5.41, 5.74) is 0. The minimum atomic E-state index is -3.59. The summed E-state index contributed by atoms with van der Waals surface area (Å²) >= 11 is 0. The topological polar surface area (TPSA) is 66.8 Å². The van der Waals surface area contributed by atoms with Gasteiger partial charge in [0, 0.05) is 0 Å². The standard InChI is InChI=1S/C3H8O4P/c1-8(5,6)7-3-2-4/h4H,1-3H2,(H,5,6). The van der Waals surface area contributed by atoms with Crippen LogP contribution >= 0.6 is 7.60 Å². The second-order valence-corrected chi connectivity index (χ2v) is 2.73. The first-order chi connectivity index (χ1) is 3.56. The van der Waals surface area contributed by atoms with Gasteiger partial charge in [-0.25, -0.2) is 0 Å². The van der Waals surface area contributed by atoms with E-state index in [1.165, 1.54) is 0 Å². The lowest BCUT2D eigenvalue weighted by atomic mass is 10.8. The Kier molecular flexibility index (Phi) is 3.24. The van der Waals surface area contributed by atoms with E-state index in [0.29, 0.717) is 0 Å². The van der Waals surface area contributed by atoms with Crippen molar-refractivity contribution >= 4 is 7.60 Å². The maximum absolute atomic E-state index is 10.1. The van der Waals surface area contributed by atoms with Crippen molar-refractivity contribution in [3.05, 3.63) is 6.66 Å². The van der Waals surface area contributed by atoms with E-state index >= 15 is 0 Å². The highest BCUT2D eigenvalue weighted by molar-refractivity contribution is 7.54. The minimum absolute atomic E-state index is 0.142. The van der Waals surface area contributed by atoms with Crippen LogP contribution in [0.5, 0.6) is 0 Å². The highest BCUT2D eigenvalue weighted by Gasteiger charge is 2.07. The molecule has 5 heteroatoms. The average molecular weight is 139 g/mol. The molecule has 1 radical (unpaired) electrons. The van der Waals surface area contributed by atoms with Gasteiger partial charge in [0.25, 0.3) is 0 Å². The van der Waals surface area contributed by atoms with Crippen LogP contribution in [0.25, 0.3) is 0 Å². The maximum Gasteiger partial charge on any atom is 0.328 e. The molecule has 0 aliphatic heterocycles. The van der Waals surface area contributed by atoms with E-state index in [4.69, 9.17) is 10.00 Å². The molecule has 0 aliphatic rings. The molecule has 0 bridgehead atoms. The number of aliphatic hydroxyl groups is 1. The Labute approximate surface area is 47.6 Å². The van der Waals surface area contributed by atoms with Crippen LogP contribution in [-0.2, 0) is 9.09 Å². The Morgan fingerprint density at radius 2 is 2.25 bits per heavy atom. The summed E-state index contributed by atoms with van der Waals surface area (Å²) in [6.07, 6.45) is 0. The van der Waals surface area contributed by atoms with Crippen molar-refractivity contribution in [2.75, 3.05) is 13.2 Å². The van der Waals surface area contributed by atoms with Crippen molar-refractivity contribution in [2.45, 2.75) is 0 Å². The summed E-state index contributed by atoms with van der Waals surface area (Å²) in [6.45, 7) is 2.38. The molecule has 0 rings (SSSR count). The third-order valence-corrected chi connectivity index (χ3v) is 0.970. The van der Waals surface area contributed by atoms with Crippen LogP contribution in [0.2, 0.25) is 0 Å². The van der Waals surface area contributed by atoms with Crippen LogP contribution in [0.1, 0.15) is 0 Å². The molecule has 2 N–H and O–H groups in total. The van der Waals surface area contributed by atoms with Gasteiger partial charge in [-0.1, -0.05) is 0 Å². The maximum atomic E-state index is 10.1. The second-order valence-electron chi connectivity index (χ2n) is 1.19. The summed E-state index contributed by atoms with van der Waals surface area (Å²) in [5.74, 6) is 0. The average Bonchev–Trinajstić information content (AvgIpc) is 1.59. The number of hydrogen-bond acceptors (Lipinski definition) is 3. The monoisotopic (exact) mass is 139 g/mol. The molecule has 0 spiro atoms. The number of hydrogen-bond donors (Lipinski definition) is 2. The van der Waals surface area contributed by atoms with Crippen LogP contribution in [0.3, 0.4) is 0 Å². The second kappa shape index (κ2) is 3.20. The van der Waals surface area contributed by atoms with E-state index in [1.54, 1.807) is 0 Å². The van der Waals surface area contributed by atoms with Gasteiger partial charge in [-0.3, -0.25) is 4.57 Å². The van der Waals surface area contributed by atoms with Crippen molar-refractivity contribution < 1.29 is 19.1 Å². The highest BCUT2D eigenvalue weighted by Crippen LogP contribution is 2.38. The zero-order chi connectivity index (χ0) is 6.62. The van der Waals surface area contributed by atoms with E-state index in [0.717, 1.165) is 0 Å². The van der Waals surface area contributed by atoms with Gasteiger partial charge in [-0.15, -0.1) is 0 Å². The fourth-order valence-corrected chi connectivity index (χ4v) is 0.550. The van der Waals surface area contributed by atoms with Crippen molar-refractivity contribution in [3.8, 4) is 0 Å². The van der Waals surface area contributed by atoms with E-state index in [9.17, 15) is 4.57 Å². The van der Waals surface area contributed by atoms with Gasteiger partial charge in [0.15, 0.2) is 0 Å². The molecule has 0 aromatic rings. The quantitative estimate of drug-likeness (QED) is 0.539. The predicted molar refractivity (Wildman–Crippen MR) is 28.2 cm³/mol. The Balaban J connectivity index is 3.26. The lowest BCUT2D eigenvalue weighted by Crippen LogP contribution is -1.94. The third kappa shape index (κ3) is 6.11. The Morgan fingerprint density at radius 3 is 2.38 bits per heavy atom. The van der Waals surface area contributed by atoms with Gasteiger partial charge in [-0.2, -0.15) is 0 Å². The molecule has 8 heavy (non-hydrogen) atoms. The SMILES string of the molecule is [CH2]P(=O)(O)OCCO. The van der Waals surface area contributed by atoms with Gasteiger partial charge in [0.1, 0.15) is 0 Å². The molecule has 0 aromatic heterocycles. The smallest absolute Gasteiger partial charge is 0.328 e. The summed E-state index contributed by atoms with van der Waals surface area (Å²) in [5, 5.41) is 8.04. The first kappa shape index (κ1) is 8.11. The Bertz CT molecular complexity index is 95.5. The van der Waals surface area contributed by atoms with Crippen molar-refractivity contribution in [1.29, 1.82) is 0 Å². The van der Waals surface area contributed by atoms with Crippen molar-refractivity contribution in [2.24, 2.45) is 0 Å². The highest BCUT2D eigenvalue weighted by atomic mass is 31.2. The minimum Gasteiger partial charge on any atom is -0.394 e. The van der Waals surface area contributed by atoms with E-state index in [2.05, 4.69) is 11.2 Å². The van der Waals surface area contributed by atoms with Crippen LogP contribution < -0.4 is 0 Å². The number of rotatable bonds is 3. The normalized spacial score (nSPS) is 17.9. The zero-order valence-electron chi connectivity index (χ0n) is 4.28. The van der Waals surface area contributed by atoms with E-state index in [-0.39, 0.29) is 13.2 Å². The molecule has 0 aliphatic carbocycles. The van der Waals surface area contributed by atoms with Gasteiger partial charge in [0.05, 0.1) is 19.9 Å². The number of aliphatic hydroxyl groups excluding tert-OH is 1. The molecular formula is C3H8O4P. The fourth-order valence-electron chi connectivity index (χ4n) is 0.183. The van der Waals surface area contributed by atoms with Crippen LogP contribution in [0.15, 0.2) is 0 Å². The molecule has 0 fully saturated rings. The molecule has 0 heterocycles. The van der Waals surface area contributed by atoms with E-state index in [1.807, 2.05) is 0 Å². The van der Waals surface area contributed by atoms with Gasteiger partial charge < -0.3 is 14.5 Å². The first-order valence-corrected chi connectivity index (χ1v) is 3.75. The van der Waals surface area contributed by atoms with Gasteiger partial charge in [-0.05, 0) is 0 Å². The predicted octanol–water partition coefficient (Wildman–Crippen LogP) is -0.0277. The van der Waals surface area contributed by atoms with Crippen molar-refractivity contribution in [3.63, 3.8) is 0 Å². The van der Waals surface area contributed by atoms with Gasteiger partial charge >= 0.3 is 7.60 Å². The molecule has 0 saturated carbocycles. The summed E-state index contributed by atoms with van der Waals surface area (Å²) in [4.78, 5) is 8.26. The van der Waals surface area contributed by atoms with Crippen LogP contribution in [-0.4, -0.2) is 23.2 Å². The first-order valence-electron chi connectivity index (χ1n) is 1.99. The molecule has 4 nitrogen and oxygen atoms in total. The largest absolute Gasteiger partial charge is 0.394 e. The molecule has 0 aromatic carbocycles. The lowest BCUT2D eigenvalue weighted by Gasteiger charge is -2.02. The van der Waals surface area contributed by atoms with Crippen LogP contribution in [0, 0.1) is 6.66 Å². The van der Waals surface area contributed by atoms with Crippen LogP contribution in [0.4, 0.5) is 0 Å². The summed E-state index contributed by atoms with van der Waals surface area (Å²) in [6, 6.07) is 0.